The summed E-state index contributed by atoms with van der Waals surface area (Å²) in [6.07, 6.45) is 2.16. The van der Waals surface area contributed by atoms with E-state index < -0.39 is 5.97 Å². The Bertz CT molecular complexity index is 1150. The van der Waals surface area contributed by atoms with E-state index in [1.54, 1.807) is 16.8 Å². The Morgan fingerprint density at radius 2 is 2.09 bits per heavy atom. The number of hydrogen-bond acceptors (Lipinski definition) is 3. The Hall–Kier alpha value is -2.41. The number of rotatable bonds is 5. The molecule has 1 aromatic carbocycles. The molecule has 0 saturated heterocycles. The van der Waals surface area contributed by atoms with Crippen LogP contribution in [0.3, 0.4) is 0 Å². The van der Waals surface area contributed by atoms with Crippen molar-refractivity contribution in [2.45, 2.75) is 39.3 Å². The minimum Gasteiger partial charge on any atom is -0.481 e. The number of aliphatic carboxylic acids is 1. The Kier molecular flexibility index (Phi) is 4.45. The highest BCUT2D eigenvalue weighted by atomic mass is 35.5. The summed E-state index contributed by atoms with van der Waals surface area (Å²) in [5.41, 5.74) is 3.52. The predicted molar refractivity (Wildman–Crippen MR) is 114 cm³/mol. The maximum Gasteiger partial charge on any atom is 0.307 e. The summed E-state index contributed by atoms with van der Waals surface area (Å²) in [6.45, 7) is 3.35. The first-order valence-electron chi connectivity index (χ1n) is 11.3. The van der Waals surface area contributed by atoms with Crippen molar-refractivity contribution in [2.24, 2.45) is 35.5 Å². The van der Waals surface area contributed by atoms with Gasteiger partial charge in [0.15, 0.2) is 0 Å². The summed E-state index contributed by atoms with van der Waals surface area (Å²) in [5.74, 6) is 0.469. The first-order valence-corrected chi connectivity index (χ1v) is 11.7. The van der Waals surface area contributed by atoms with E-state index in [1.165, 1.54) is 6.07 Å². The fourth-order valence-corrected chi connectivity index (χ4v) is 7.28. The summed E-state index contributed by atoms with van der Waals surface area (Å²) in [7, 11) is 0. The number of benzene rings is 1. The summed E-state index contributed by atoms with van der Waals surface area (Å²) >= 11 is 5.88. The Morgan fingerprint density at radius 1 is 1.28 bits per heavy atom. The Labute approximate surface area is 190 Å². The number of amides is 1. The number of fused-ring (bicyclic) bond motifs is 1. The number of carboxylic acid groups (broad SMARTS) is 1. The van der Waals surface area contributed by atoms with Crippen LogP contribution >= 0.6 is 11.6 Å². The lowest BCUT2D eigenvalue weighted by molar-refractivity contribution is -0.144. The lowest BCUT2D eigenvalue weighted by atomic mass is 9.88. The lowest BCUT2D eigenvalue weighted by Crippen LogP contribution is -2.38. The summed E-state index contributed by atoms with van der Waals surface area (Å²) < 4.78 is 16.2. The van der Waals surface area contributed by atoms with Crippen molar-refractivity contribution in [3.63, 3.8) is 0 Å². The van der Waals surface area contributed by atoms with E-state index in [9.17, 15) is 19.1 Å². The van der Waals surface area contributed by atoms with Crippen LogP contribution in [0.15, 0.2) is 18.2 Å². The van der Waals surface area contributed by atoms with Gasteiger partial charge in [0, 0.05) is 23.6 Å². The number of hydrogen-bond donors (Lipinski definition) is 1. The number of carboxylic acids is 1. The van der Waals surface area contributed by atoms with Gasteiger partial charge in [-0.15, -0.1) is 0 Å². The van der Waals surface area contributed by atoms with Crippen molar-refractivity contribution in [1.82, 2.24) is 14.7 Å². The van der Waals surface area contributed by atoms with E-state index in [2.05, 4.69) is 5.10 Å². The van der Waals surface area contributed by atoms with Crippen molar-refractivity contribution in [3.8, 4) is 0 Å². The quantitative estimate of drug-likeness (QED) is 0.745. The molecule has 1 amide bonds. The zero-order chi connectivity index (χ0) is 22.3. The van der Waals surface area contributed by atoms with Crippen molar-refractivity contribution in [2.75, 3.05) is 6.54 Å². The average molecular weight is 458 g/mol. The number of nitrogens with zero attached hydrogens (tertiary/aromatic N) is 3. The maximum absolute atomic E-state index is 14.3. The Balaban J connectivity index is 1.18. The molecule has 4 saturated carbocycles. The summed E-state index contributed by atoms with van der Waals surface area (Å²) in [6, 6.07) is 4.64. The van der Waals surface area contributed by atoms with E-state index in [1.807, 2.05) is 11.8 Å². The molecule has 0 spiro atoms. The zero-order valence-corrected chi connectivity index (χ0v) is 18.6. The molecule has 168 valence electrons. The zero-order valence-electron chi connectivity index (χ0n) is 17.8. The third-order valence-corrected chi connectivity index (χ3v) is 8.72. The van der Waals surface area contributed by atoms with Crippen molar-refractivity contribution in [3.05, 3.63) is 51.6 Å². The molecule has 4 aliphatic carbocycles. The first kappa shape index (κ1) is 20.2. The lowest BCUT2D eigenvalue weighted by Gasteiger charge is -2.30. The number of halogens is 2. The van der Waals surface area contributed by atoms with Gasteiger partial charge >= 0.3 is 5.97 Å². The highest BCUT2D eigenvalue weighted by molar-refractivity contribution is 6.30. The van der Waals surface area contributed by atoms with Crippen LogP contribution in [0.2, 0.25) is 5.02 Å². The van der Waals surface area contributed by atoms with Gasteiger partial charge in [0.05, 0.1) is 30.4 Å². The molecule has 6 nitrogen and oxygen atoms in total. The van der Waals surface area contributed by atoms with Gasteiger partial charge in [0.1, 0.15) is 5.82 Å². The van der Waals surface area contributed by atoms with Crippen molar-refractivity contribution < 1.29 is 19.1 Å². The van der Waals surface area contributed by atoms with Gasteiger partial charge in [-0.2, -0.15) is 5.10 Å². The first-order chi connectivity index (χ1) is 15.3. The molecular formula is C24H25ClFN3O3. The smallest absolute Gasteiger partial charge is 0.307 e. The van der Waals surface area contributed by atoms with Crippen LogP contribution in [0.5, 0.6) is 0 Å². The minimum absolute atomic E-state index is 0.103. The molecule has 6 atom stereocenters. The third-order valence-electron chi connectivity index (χ3n) is 8.48. The van der Waals surface area contributed by atoms with Gasteiger partial charge in [0.25, 0.3) is 0 Å². The van der Waals surface area contributed by atoms with Crippen molar-refractivity contribution >= 4 is 23.5 Å². The normalized spacial score (nSPS) is 31.7. The highest BCUT2D eigenvalue weighted by Crippen LogP contribution is 2.76. The van der Waals surface area contributed by atoms with Crippen molar-refractivity contribution in [1.29, 1.82) is 0 Å². The number of aromatic nitrogens is 2. The number of aryl methyl sites for hydroxylation is 1. The van der Waals surface area contributed by atoms with Gasteiger partial charge in [-0.1, -0.05) is 17.7 Å². The molecule has 7 rings (SSSR count). The SMILES string of the molecule is Cc1nn(Cc2ccc(Cl)cc2F)c2c1CCN(C(=O)CC1C3C4C[C@H]1[C@@H](C(=O)O)C43)C2. The highest BCUT2D eigenvalue weighted by Gasteiger charge is 2.75. The third kappa shape index (κ3) is 2.93. The van der Waals surface area contributed by atoms with Gasteiger partial charge in [-0.3, -0.25) is 14.3 Å². The number of carbonyl (C=O) groups is 2. The molecule has 1 N–H and O–H groups in total. The van der Waals surface area contributed by atoms with Gasteiger partial charge < -0.3 is 10.0 Å². The van der Waals surface area contributed by atoms with E-state index in [-0.39, 0.29) is 36.0 Å². The molecule has 1 aromatic heterocycles. The van der Waals surface area contributed by atoms with Crippen LogP contribution in [0.1, 0.15) is 35.4 Å². The molecule has 4 unspecified atom stereocenters. The molecule has 4 bridgehead atoms. The number of carbonyl (C=O) groups excluding carboxylic acids is 1. The van der Waals surface area contributed by atoms with Crippen LogP contribution in [-0.4, -0.2) is 38.2 Å². The second-order valence-corrected chi connectivity index (χ2v) is 10.4. The molecule has 2 aromatic rings. The molecule has 2 heterocycles. The fourth-order valence-electron chi connectivity index (χ4n) is 7.12. The fraction of sp³-hybridized carbons (Fsp3) is 0.542. The van der Waals surface area contributed by atoms with E-state index in [0.29, 0.717) is 47.9 Å². The van der Waals surface area contributed by atoms with Crippen LogP contribution in [0.4, 0.5) is 4.39 Å². The molecule has 8 heteroatoms. The van der Waals surface area contributed by atoms with Crippen LogP contribution in [0, 0.1) is 48.2 Å². The van der Waals surface area contributed by atoms with E-state index in [4.69, 9.17) is 11.6 Å². The molecule has 4 fully saturated rings. The second kappa shape index (κ2) is 7.04. The van der Waals surface area contributed by atoms with Gasteiger partial charge in [-0.05, 0) is 67.1 Å². The topological polar surface area (TPSA) is 75.4 Å². The van der Waals surface area contributed by atoms with Gasteiger partial charge in [0.2, 0.25) is 5.91 Å². The Morgan fingerprint density at radius 3 is 2.78 bits per heavy atom. The molecule has 32 heavy (non-hydrogen) atoms. The molecular weight excluding hydrogens is 433 g/mol. The standard InChI is InChI=1S/C24H25ClFN3O3/c1-11-14-4-5-28(10-19(14)29(27-11)9-12-2-3-13(25)6-18(12)26)20(30)8-16-15-7-17-21(16)22(17)23(15)24(31)32/h2-3,6,15-17,21-23H,4-5,7-10H2,1H3,(H,31,32)/t15-,16?,17?,21?,22?,23-/m1/s1. The van der Waals surface area contributed by atoms with Gasteiger partial charge in [-0.25, -0.2) is 4.39 Å². The van der Waals surface area contributed by atoms with Crippen LogP contribution in [0.25, 0.3) is 0 Å². The molecule has 0 radical (unpaired) electrons. The largest absolute Gasteiger partial charge is 0.481 e. The van der Waals surface area contributed by atoms with Crippen LogP contribution < -0.4 is 0 Å². The summed E-state index contributed by atoms with van der Waals surface area (Å²) in [4.78, 5) is 26.7. The molecule has 1 aliphatic heterocycles. The van der Waals surface area contributed by atoms with Crippen LogP contribution in [-0.2, 0) is 29.1 Å². The monoisotopic (exact) mass is 457 g/mol. The van der Waals surface area contributed by atoms with E-state index >= 15 is 0 Å². The minimum atomic E-state index is -0.684. The predicted octanol–water partition coefficient (Wildman–Crippen LogP) is 3.52. The van der Waals surface area contributed by atoms with E-state index in [0.717, 1.165) is 29.8 Å². The maximum atomic E-state index is 14.3. The average Bonchev–Trinajstić information content (AvgIpc) is 3.08. The second-order valence-electron chi connectivity index (χ2n) is 9.92. The molecule has 5 aliphatic rings. The summed E-state index contributed by atoms with van der Waals surface area (Å²) in [5, 5.41) is 14.6.